The Labute approximate surface area is 193 Å². The smallest absolute Gasteiger partial charge is 0.416 e. The lowest BCUT2D eigenvalue weighted by Gasteiger charge is -2.27. The highest BCUT2D eigenvalue weighted by atomic mass is 16.6. The number of anilines is 1. The summed E-state index contributed by atoms with van der Waals surface area (Å²) in [5.74, 6) is 2.27. The standard InChI is InChI=1S/C26H26N2O5/c1-18(2)28(20-14-23(30-3)16-24(15-20)31-4)26(29)33-25(17-27)19-9-8-12-22(13-19)32-21-10-6-5-7-11-21/h5-16,18,25H,1-4H3. The zero-order valence-corrected chi connectivity index (χ0v) is 19.0. The fourth-order valence-corrected chi connectivity index (χ4v) is 3.24. The minimum absolute atomic E-state index is 0.249. The van der Waals surface area contributed by atoms with Gasteiger partial charge in [-0.2, -0.15) is 5.26 Å². The summed E-state index contributed by atoms with van der Waals surface area (Å²) in [5.41, 5.74) is 1.04. The molecular formula is C26H26N2O5. The van der Waals surface area contributed by atoms with Crippen LogP contribution in [0.15, 0.2) is 72.8 Å². The molecule has 0 spiro atoms. The normalized spacial score (nSPS) is 11.3. The lowest BCUT2D eigenvalue weighted by atomic mass is 10.1. The Bertz CT molecular complexity index is 1100. The van der Waals surface area contributed by atoms with E-state index in [0.717, 1.165) is 0 Å². The van der Waals surface area contributed by atoms with Gasteiger partial charge < -0.3 is 18.9 Å². The highest BCUT2D eigenvalue weighted by Gasteiger charge is 2.26. The maximum Gasteiger partial charge on any atom is 0.416 e. The van der Waals surface area contributed by atoms with Crippen molar-refractivity contribution in [1.29, 1.82) is 5.26 Å². The van der Waals surface area contributed by atoms with Gasteiger partial charge in [-0.25, -0.2) is 4.79 Å². The van der Waals surface area contributed by atoms with Crippen LogP contribution in [0.3, 0.4) is 0 Å². The van der Waals surface area contributed by atoms with E-state index in [2.05, 4.69) is 6.07 Å². The van der Waals surface area contributed by atoms with Gasteiger partial charge in [0.15, 0.2) is 0 Å². The molecule has 0 aromatic heterocycles. The summed E-state index contributed by atoms with van der Waals surface area (Å²) in [7, 11) is 3.07. The van der Waals surface area contributed by atoms with E-state index in [0.29, 0.717) is 34.2 Å². The molecule has 170 valence electrons. The first-order valence-electron chi connectivity index (χ1n) is 10.4. The van der Waals surface area contributed by atoms with Gasteiger partial charge in [-0.05, 0) is 38.1 Å². The van der Waals surface area contributed by atoms with Crippen LogP contribution in [-0.4, -0.2) is 26.4 Å². The van der Waals surface area contributed by atoms with Crippen LogP contribution in [0.4, 0.5) is 10.5 Å². The van der Waals surface area contributed by atoms with Crippen molar-refractivity contribution in [2.24, 2.45) is 0 Å². The van der Waals surface area contributed by atoms with Gasteiger partial charge in [0.25, 0.3) is 0 Å². The van der Waals surface area contributed by atoms with Crippen LogP contribution >= 0.6 is 0 Å². The second-order valence-electron chi connectivity index (χ2n) is 7.42. The summed E-state index contributed by atoms with van der Waals surface area (Å²) >= 11 is 0. The van der Waals surface area contributed by atoms with Crippen LogP contribution in [0, 0.1) is 11.3 Å². The fourth-order valence-electron chi connectivity index (χ4n) is 3.24. The number of hydrogen-bond donors (Lipinski definition) is 0. The summed E-state index contributed by atoms with van der Waals surface area (Å²) in [6.07, 6.45) is -1.79. The largest absolute Gasteiger partial charge is 0.497 e. The summed E-state index contributed by atoms with van der Waals surface area (Å²) in [6.45, 7) is 3.70. The third-order valence-corrected chi connectivity index (χ3v) is 4.80. The molecule has 3 rings (SSSR count). The average Bonchev–Trinajstić information content (AvgIpc) is 2.83. The molecule has 7 heteroatoms. The fraction of sp³-hybridized carbons (Fsp3) is 0.231. The van der Waals surface area contributed by atoms with Gasteiger partial charge in [-0.15, -0.1) is 0 Å². The third kappa shape index (κ3) is 5.95. The van der Waals surface area contributed by atoms with Crippen molar-refractivity contribution in [2.45, 2.75) is 26.0 Å². The second-order valence-corrected chi connectivity index (χ2v) is 7.42. The first-order valence-corrected chi connectivity index (χ1v) is 10.4. The SMILES string of the molecule is COc1cc(OC)cc(N(C(=O)OC(C#N)c2cccc(Oc3ccccc3)c2)C(C)C)c1. The highest BCUT2D eigenvalue weighted by Crippen LogP contribution is 2.31. The molecule has 1 amide bonds. The number of hydrogen-bond acceptors (Lipinski definition) is 6. The van der Waals surface area contributed by atoms with Gasteiger partial charge in [0, 0.05) is 29.8 Å². The summed E-state index contributed by atoms with van der Waals surface area (Å²) < 4.78 is 22.1. The molecule has 7 nitrogen and oxygen atoms in total. The Morgan fingerprint density at radius 3 is 2.06 bits per heavy atom. The van der Waals surface area contributed by atoms with E-state index >= 15 is 0 Å². The van der Waals surface area contributed by atoms with Gasteiger partial charge in [-0.3, -0.25) is 4.90 Å². The molecule has 0 radical (unpaired) electrons. The lowest BCUT2D eigenvalue weighted by molar-refractivity contribution is 0.128. The topological polar surface area (TPSA) is 81.0 Å². The molecule has 0 aliphatic heterocycles. The second kappa shape index (κ2) is 10.9. The van der Waals surface area contributed by atoms with Crippen LogP contribution in [0.2, 0.25) is 0 Å². The molecule has 3 aromatic rings. The quantitative estimate of drug-likeness (QED) is 0.415. The average molecular weight is 447 g/mol. The van der Waals surface area contributed by atoms with Crippen LogP contribution in [0.1, 0.15) is 25.5 Å². The van der Waals surface area contributed by atoms with Crippen molar-refractivity contribution >= 4 is 11.8 Å². The number of carbonyl (C=O) groups excluding carboxylic acids is 1. The highest BCUT2D eigenvalue weighted by molar-refractivity contribution is 5.89. The van der Waals surface area contributed by atoms with Gasteiger partial charge in [0.2, 0.25) is 6.10 Å². The Balaban J connectivity index is 1.83. The van der Waals surface area contributed by atoms with E-state index in [1.807, 2.05) is 44.2 Å². The lowest BCUT2D eigenvalue weighted by Crippen LogP contribution is -2.38. The number of methoxy groups -OCH3 is 2. The van der Waals surface area contributed by atoms with Crippen molar-refractivity contribution in [2.75, 3.05) is 19.1 Å². The predicted molar refractivity (Wildman–Crippen MR) is 125 cm³/mol. The first kappa shape index (κ1) is 23.5. The number of rotatable bonds is 8. The van der Waals surface area contributed by atoms with Crippen molar-refractivity contribution in [1.82, 2.24) is 0 Å². The monoisotopic (exact) mass is 446 g/mol. The molecule has 0 aliphatic rings. The third-order valence-electron chi connectivity index (χ3n) is 4.80. The van der Waals surface area contributed by atoms with E-state index in [-0.39, 0.29) is 6.04 Å². The van der Waals surface area contributed by atoms with Crippen LogP contribution < -0.4 is 19.1 Å². The summed E-state index contributed by atoms with van der Waals surface area (Å²) in [4.78, 5) is 14.6. The van der Waals surface area contributed by atoms with E-state index < -0.39 is 12.2 Å². The molecule has 3 aromatic carbocycles. The van der Waals surface area contributed by atoms with Crippen LogP contribution in [0.25, 0.3) is 0 Å². The van der Waals surface area contributed by atoms with Crippen molar-refractivity contribution in [3.05, 3.63) is 78.4 Å². The number of nitriles is 1. The van der Waals surface area contributed by atoms with Crippen molar-refractivity contribution in [3.8, 4) is 29.1 Å². The van der Waals surface area contributed by atoms with Crippen molar-refractivity contribution in [3.63, 3.8) is 0 Å². The molecule has 33 heavy (non-hydrogen) atoms. The molecule has 0 N–H and O–H groups in total. The van der Waals surface area contributed by atoms with E-state index in [1.165, 1.54) is 19.1 Å². The Kier molecular flexibility index (Phi) is 7.77. The van der Waals surface area contributed by atoms with Gasteiger partial charge in [0.05, 0.1) is 19.9 Å². The number of ether oxygens (including phenoxy) is 4. The molecule has 0 saturated carbocycles. The Morgan fingerprint density at radius 2 is 1.48 bits per heavy atom. The van der Waals surface area contributed by atoms with Gasteiger partial charge in [-0.1, -0.05) is 30.3 Å². The molecule has 0 fully saturated rings. The number of nitrogens with zero attached hydrogens (tertiary/aromatic N) is 2. The molecule has 0 aliphatic carbocycles. The minimum atomic E-state index is -1.12. The van der Waals surface area contributed by atoms with Gasteiger partial charge in [0.1, 0.15) is 29.1 Å². The van der Waals surface area contributed by atoms with Gasteiger partial charge >= 0.3 is 6.09 Å². The number of carbonyl (C=O) groups is 1. The van der Waals surface area contributed by atoms with E-state index in [4.69, 9.17) is 18.9 Å². The van der Waals surface area contributed by atoms with Crippen LogP contribution in [0.5, 0.6) is 23.0 Å². The molecule has 1 unspecified atom stereocenters. The maximum atomic E-state index is 13.1. The summed E-state index contributed by atoms with van der Waals surface area (Å²) in [6, 6.07) is 23.1. The number of amides is 1. The number of para-hydroxylation sites is 1. The zero-order chi connectivity index (χ0) is 23.8. The molecule has 1 atom stereocenters. The first-order chi connectivity index (χ1) is 15.9. The Morgan fingerprint density at radius 1 is 0.848 bits per heavy atom. The maximum absolute atomic E-state index is 13.1. The molecule has 0 bridgehead atoms. The van der Waals surface area contributed by atoms with Crippen LogP contribution in [-0.2, 0) is 4.74 Å². The molecular weight excluding hydrogens is 420 g/mol. The Hall–Kier alpha value is -4.18. The molecule has 0 saturated heterocycles. The summed E-state index contributed by atoms with van der Waals surface area (Å²) in [5, 5.41) is 9.74. The predicted octanol–water partition coefficient (Wildman–Crippen LogP) is 6.11. The minimum Gasteiger partial charge on any atom is -0.497 e. The zero-order valence-electron chi connectivity index (χ0n) is 19.0. The number of benzene rings is 3. The molecule has 0 heterocycles. The van der Waals surface area contributed by atoms with Crippen molar-refractivity contribution < 1.29 is 23.7 Å². The van der Waals surface area contributed by atoms with E-state index in [1.54, 1.807) is 42.5 Å². The van der Waals surface area contributed by atoms with E-state index in [9.17, 15) is 10.1 Å².